The summed E-state index contributed by atoms with van der Waals surface area (Å²) in [4.78, 5) is 8.90. The first-order valence-electron chi connectivity index (χ1n) is 14.6. The van der Waals surface area contributed by atoms with E-state index in [9.17, 15) is 21.9 Å². The summed E-state index contributed by atoms with van der Waals surface area (Å²) < 4.78 is 59.1. The Morgan fingerprint density at radius 2 is 1.23 bits per heavy atom. The number of nitrogens with two attached hydrogens (primary N) is 1. The Balaban J connectivity index is 0.000000225. The first kappa shape index (κ1) is 37.4. The lowest BCUT2D eigenvalue weighted by molar-refractivity contribution is 0.141. The fourth-order valence-corrected chi connectivity index (χ4v) is 5.15. The van der Waals surface area contributed by atoms with Crippen LogP contribution < -0.4 is 11.1 Å². The summed E-state index contributed by atoms with van der Waals surface area (Å²) in [5.41, 5.74) is 12.9. The van der Waals surface area contributed by atoms with Gasteiger partial charge in [0.2, 0.25) is 0 Å². The van der Waals surface area contributed by atoms with Crippen LogP contribution in [0.4, 0.5) is 0 Å². The van der Waals surface area contributed by atoms with Crippen molar-refractivity contribution in [3.05, 3.63) is 131 Å². The summed E-state index contributed by atoms with van der Waals surface area (Å²) in [7, 11) is -8.04. The molecule has 1 heterocycles. The highest BCUT2D eigenvalue weighted by molar-refractivity contribution is 7.86. The molecule has 2 atom stereocenters. The molecule has 0 amide bonds. The number of hydrogen-bond acceptors (Lipinski definition) is 9. The van der Waals surface area contributed by atoms with Crippen molar-refractivity contribution >= 4 is 31.3 Å². The van der Waals surface area contributed by atoms with Gasteiger partial charge in [0.25, 0.3) is 20.2 Å². The number of aryl methyl sites for hydroxylation is 3. The number of fused-ring (bicyclic) bond motifs is 1. The largest absolute Gasteiger partial charge is 0.390 e. The molecule has 6 N–H and O–H groups in total. The van der Waals surface area contributed by atoms with Gasteiger partial charge in [0.1, 0.15) is 0 Å². The zero-order valence-corrected chi connectivity index (χ0v) is 28.0. The van der Waals surface area contributed by atoms with Crippen LogP contribution in [-0.4, -0.2) is 59.7 Å². The Labute approximate surface area is 276 Å². The molecular weight excluding hydrogens is 641 g/mol. The highest BCUT2D eigenvalue weighted by Crippen LogP contribution is 2.12. The fourth-order valence-electron chi connectivity index (χ4n) is 4.19. The fraction of sp³-hybridized carbons (Fsp3) is 0.235. The van der Waals surface area contributed by atoms with Crippen LogP contribution in [0.2, 0.25) is 0 Å². The van der Waals surface area contributed by atoms with Crippen molar-refractivity contribution < 1.29 is 31.0 Å². The second-order valence-electron chi connectivity index (χ2n) is 11.0. The van der Waals surface area contributed by atoms with Gasteiger partial charge >= 0.3 is 0 Å². The van der Waals surface area contributed by atoms with E-state index in [4.69, 9.17) is 14.8 Å². The van der Waals surface area contributed by atoms with E-state index < -0.39 is 26.3 Å². The van der Waals surface area contributed by atoms with Crippen molar-refractivity contribution in [2.24, 2.45) is 5.73 Å². The minimum atomic E-state index is -4.02. The molecule has 47 heavy (non-hydrogen) atoms. The lowest BCUT2D eigenvalue weighted by Crippen LogP contribution is -2.43. The summed E-state index contributed by atoms with van der Waals surface area (Å²) in [6.45, 7) is 6.69. The monoisotopic (exact) mass is 680 g/mol. The Bertz CT molecular complexity index is 1870. The highest BCUT2D eigenvalue weighted by atomic mass is 32.2. The summed E-state index contributed by atoms with van der Waals surface area (Å²) in [5.74, 6) is 0. The molecule has 13 heteroatoms. The van der Waals surface area contributed by atoms with Gasteiger partial charge in [-0.2, -0.15) is 16.8 Å². The van der Waals surface area contributed by atoms with Gasteiger partial charge in [-0.05, 0) is 74.7 Å². The molecule has 0 saturated carbocycles. The number of aromatic nitrogens is 2. The van der Waals surface area contributed by atoms with Crippen LogP contribution in [0.15, 0.2) is 113 Å². The standard InChI is InChI=1S/C20H24N4O.2C7H8O3S/c1-14-7-8-18-19(9-14)23-12-16(24-18)11-22-13-20(25)17(21)10-15-5-3-2-4-6-15;2*1-6-2-4-7(5-3-6)11(8,9)10/h2-9,12,17,20,22,25H,10-11,13,21H2,1H3;2*2-5H,1H3,(H,8,9,10)/t17-,20+;;/m0../s1. The molecular formula is C34H40N4O7S2. The third-order valence-electron chi connectivity index (χ3n) is 6.85. The van der Waals surface area contributed by atoms with E-state index in [2.05, 4.69) is 15.3 Å². The third-order valence-corrected chi connectivity index (χ3v) is 8.59. The molecule has 0 spiro atoms. The van der Waals surface area contributed by atoms with Gasteiger partial charge < -0.3 is 16.2 Å². The van der Waals surface area contributed by atoms with Crippen LogP contribution in [0.5, 0.6) is 0 Å². The van der Waals surface area contributed by atoms with Crippen LogP contribution in [0.25, 0.3) is 11.0 Å². The van der Waals surface area contributed by atoms with E-state index in [-0.39, 0.29) is 15.8 Å². The van der Waals surface area contributed by atoms with Crippen molar-refractivity contribution in [2.75, 3.05) is 6.54 Å². The Kier molecular flexibility index (Phi) is 13.7. The number of nitrogens with one attached hydrogen (secondary N) is 1. The Morgan fingerprint density at radius 1 is 0.723 bits per heavy atom. The summed E-state index contributed by atoms with van der Waals surface area (Å²) in [6, 6.07) is 27.7. The second kappa shape index (κ2) is 17.2. The van der Waals surface area contributed by atoms with Gasteiger partial charge in [-0.25, -0.2) is 4.98 Å². The molecule has 0 aliphatic heterocycles. The molecule has 250 valence electrons. The Hall–Kier alpha value is -4.08. The van der Waals surface area contributed by atoms with E-state index in [0.29, 0.717) is 19.5 Å². The van der Waals surface area contributed by atoms with Crippen molar-refractivity contribution in [1.29, 1.82) is 0 Å². The molecule has 5 rings (SSSR count). The van der Waals surface area contributed by atoms with Crippen molar-refractivity contribution in [1.82, 2.24) is 15.3 Å². The number of hydrogen-bond donors (Lipinski definition) is 5. The normalized spacial score (nSPS) is 12.7. The van der Waals surface area contributed by atoms with Gasteiger partial charge in [0, 0.05) is 19.1 Å². The maximum absolute atomic E-state index is 10.5. The average Bonchev–Trinajstić information content (AvgIpc) is 3.02. The lowest BCUT2D eigenvalue weighted by atomic mass is 10.0. The third kappa shape index (κ3) is 12.9. The van der Waals surface area contributed by atoms with E-state index >= 15 is 0 Å². The first-order valence-corrected chi connectivity index (χ1v) is 17.5. The molecule has 0 fully saturated rings. The number of rotatable bonds is 9. The molecule has 0 radical (unpaired) electrons. The van der Waals surface area contributed by atoms with Crippen LogP contribution in [0.3, 0.4) is 0 Å². The van der Waals surface area contributed by atoms with Gasteiger partial charge in [-0.15, -0.1) is 0 Å². The smallest absolute Gasteiger partial charge is 0.294 e. The maximum Gasteiger partial charge on any atom is 0.294 e. The second-order valence-corrected chi connectivity index (χ2v) is 13.8. The van der Waals surface area contributed by atoms with Gasteiger partial charge in [0.15, 0.2) is 0 Å². The number of aliphatic hydroxyl groups is 1. The summed E-state index contributed by atoms with van der Waals surface area (Å²) >= 11 is 0. The van der Waals surface area contributed by atoms with Crippen molar-refractivity contribution in [3.8, 4) is 0 Å². The van der Waals surface area contributed by atoms with E-state index in [0.717, 1.165) is 33.4 Å². The minimum absolute atomic E-state index is 0.0666. The van der Waals surface area contributed by atoms with E-state index in [1.807, 2.05) is 69.3 Å². The SMILES string of the molecule is Cc1ccc(S(=O)(=O)O)cc1.Cc1ccc(S(=O)(=O)O)cc1.Cc1ccc2nc(CNC[C@@H](O)[C@@H](N)Cc3ccccc3)cnc2c1. The predicted molar refractivity (Wildman–Crippen MR) is 182 cm³/mol. The zero-order chi connectivity index (χ0) is 34.6. The molecule has 1 aromatic heterocycles. The molecule has 5 aromatic rings. The van der Waals surface area contributed by atoms with Crippen molar-refractivity contribution in [2.45, 2.75) is 55.7 Å². The van der Waals surface area contributed by atoms with Gasteiger partial charge in [-0.3, -0.25) is 14.1 Å². The van der Waals surface area contributed by atoms with Crippen LogP contribution >= 0.6 is 0 Å². The van der Waals surface area contributed by atoms with E-state index in [1.165, 1.54) is 29.8 Å². The lowest BCUT2D eigenvalue weighted by Gasteiger charge is -2.19. The number of benzene rings is 4. The minimum Gasteiger partial charge on any atom is -0.390 e. The zero-order valence-electron chi connectivity index (χ0n) is 26.4. The molecule has 0 unspecified atom stereocenters. The molecule has 0 aliphatic carbocycles. The van der Waals surface area contributed by atoms with E-state index in [1.54, 1.807) is 30.5 Å². The van der Waals surface area contributed by atoms with Crippen LogP contribution in [0.1, 0.15) is 27.9 Å². The van der Waals surface area contributed by atoms with Crippen LogP contribution in [0, 0.1) is 20.8 Å². The molecule has 0 saturated heterocycles. The molecule has 0 aliphatic rings. The molecule has 0 bridgehead atoms. The number of nitrogens with zero attached hydrogens (tertiary/aromatic N) is 2. The highest BCUT2D eigenvalue weighted by Gasteiger charge is 2.15. The molecule has 4 aromatic carbocycles. The summed E-state index contributed by atoms with van der Waals surface area (Å²) in [5, 5.41) is 13.4. The quantitative estimate of drug-likeness (QED) is 0.138. The predicted octanol–water partition coefficient (Wildman–Crippen LogP) is 4.44. The van der Waals surface area contributed by atoms with Gasteiger partial charge in [-0.1, -0.05) is 71.8 Å². The Morgan fingerprint density at radius 3 is 1.74 bits per heavy atom. The number of aliphatic hydroxyl groups excluding tert-OH is 1. The van der Waals surface area contributed by atoms with Gasteiger partial charge in [0.05, 0.1) is 38.8 Å². The molecule has 11 nitrogen and oxygen atoms in total. The summed E-state index contributed by atoms with van der Waals surface area (Å²) in [6.07, 6.45) is 1.81. The topological polar surface area (TPSA) is 193 Å². The first-order chi connectivity index (χ1) is 22.1. The average molecular weight is 681 g/mol. The van der Waals surface area contributed by atoms with Crippen molar-refractivity contribution in [3.63, 3.8) is 0 Å². The van der Waals surface area contributed by atoms with Crippen LogP contribution in [-0.2, 0) is 33.2 Å². The maximum atomic E-state index is 10.5.